The van der Waals surface area contributed by atoms with Gasteiger partial charge in [0.25, 0.3) is 0 Å². The largest absolute Gasteiger partial charge is 0.416 e. The molecule has 9 heteroatoms. The van der Waals surface area contributed by atoms with Crippen molar-refractivity contribution in [3.8, 4) is 0 Å². The molecule has 0 aliphatic carbocycles. The van der Waals surface area contributed by atoms with Gasteiger partial charge in [0.2, 0.25) is 0 Å². The molecular formula is C14H18ClF6NO. The van der Waals surface area contributed by atoms with Gasteiger partial charge < -0.3 is 10.8 Å². The number of halogens is 7. The molecule has 2 nitrogen and oxygen atoms in total. The predicted octanol–water partition coefficient (Wildman–Crippen LogP) is 4.55. The first kappa shape index (κ1) is 22.0. The molecule has 0 radical (unpaired) electrons. The number of hydrogen-bond acceptors (Lipinski definition) is 2. The second-order valence-corrected chi connectivity index (χ2v) is 6.13. The van der Waals surface area contributed by atoms with Crippen LogP contribution in [-0.4, -0.2) is 11.2 Å². The van der Waals surface area contributed by atoms with Crippen LogP contribution in [0.2, 0.25) is 0 Å². The molecule has 0 saturated carbocycles. The average Bonchev–Trinajstić information content (AvgIpc) is 2.33. The van der Waals surface area contributed by atoms with E-state index in [-0.39, 0.29) is 18.5 Å². The number of aliphatic hydroxyl groups excluding tert-OH is 1. The van der Waals surface area contributed by atoms with E-state index >= 15 is 0 Å². The molecule has 0 amide bonds. The van der Waals surface area contributed by atoms with Gasteiger partial charge in [-0.05, 0) is 23.1 Å². The summed E-state index contributed by atoms with van der Waals surface area (Å²) in [5.74, 6) is 0. The van der Waals surface area contributed by atoms with Crippen LogP contribution in [0.4, 0.5) is 26.3 Å². The molecule has 0 heterocycles. The molecule has 1 rings (SSSR count). The van der Waals surface area contributed by atoms with E-state index in [0.29, 0.717) is 12.1 Å². The van der Waals surface area contributed by atoms with Gasteiger partial charge in [-0.25, -0.2) is 0 Å². The van der Waals surface area contributed by atoms with Gasteiger partial charge in [0, 0.05) is 0 Å². The number of nitrogens with two attached hydrogens (primary N) is 1. The summed E-state index contributed by atoms with van der Waals surface area (Å²) in [4.78, 5) is 0. The topological polar surface area (TPSA) is 46.2 Å². The lowest BCUT2D eigenvalue weighted by Crippen LogP contribution is -2.38. The SMILES string of the molecule is CC(C)(C)[C@@H](O)[C@@H](N)c1ccc(C(F)(F)F)cc1C(F)(F)F.Cl. The molecule has 3 N–H and O–H groups in total. The third kappa shape index (κ3) is 5.26. The van der Waals surface area contributed by atoms with E-state index in [4.69, 9.17) is 5.73 Å². The number of benzene rings is 1. The third-order valence-corrected chi connectivity index (χ3v) is 3.27. The van der Waals surface area contributed by atoms with Crippen molar-refractivity contribution in [1.82, 2.24) is 0 Å². The van der Waals surface area contributed by atoms with Crippen molar-refractivity contribution in [3.63, 3.8) is 0 Å². The molecule has 0 aliphatic rings. The number of rotatable bonds is 2. The number of aliphatic hydroxyl groups is 1. The van der Waals surface area contributed by atoms with E-state index in [9.17, 15) is 31.4 Å². The Hall–Kier alpha value is -0.990. The summed E-state index contributed by atoms with van der Waals surface area (Å²) in [6, 6.07) is -0.241. The van der Waals surface area contributed by atoms with Crippen LogP contribution < -0.4 is 5.73 Å². The van der Waals surface area contributed by atoms with Crippen LogP contribution in [0.15, 0.2) is 18.2 Å². The lowest BCUT2D eigenvalue weighted by molar-refractivity contribution is -0.143. The lowest BCUT2D eigenvalue weighted by atomic mass is 9.81. The Morgan fingerprint density at radius 1 is 0.957 bits per heavy atom. The fourth-order valence-corrected chi connectivity index (χ4v) is 1.98. The minimum Gasteiger partial charge on any atom is -0.391 e. The zero-order chi connectivity index (χ0) is 17.5. The Kier molecular flexibility index (Phi) is 6.57. The molecule has 2 atom stereocenters. The number of hydrogen-bond donors (Lipinski definition) is 2. The zero-order valence-corrected chi connectivity index (χ0v) is 13.4. The van der Waals surface area contributed by atoms with Crippen LogP contribution in [0.5, 0.6) is 0 Å². The van der Waals surface area contributed by atoms with Crippen LogP contribution >= 0.6 is 12.4 Å². The molecule has 0 fully saturated rings. The molecule has 1 aromatic rings. The Morgan fingerprint density at radius 2 is 1.43 bits per heavy atom. The minimum atomic E-state index is -5.01. The standard InChI is InChI=1S/C14H17F6NO.ClH/c1-12(2,3)11(22)10(21)8-5-4-7(13(15,16)17)6-9(8)14(18,19)20;/h4-6,10-11,22H,21H2,1-3H3;1H/t10-,11-;/m0./s1. The van der Waals surface area contributed by atoms with Gasteiger partial charge in [-0.1, -0.05) is 26.8 Å². The smallest absolute Gasteiger partial charge is 0.391 e. The van der Waals surface area contributed by atoms with Gasteiger partial charge in [0.1, 0.15) is 0 Å². The molecule has 0 spiro atoms. The van der Waals surface area contributed by atoms with E-state index in [2.05, 4.69) is 0 Å². The van der Waals surface area contributed by atoms with Crippen LogP contribution in [0, 0.1) is 5.41 Å². The van der Waals surface area contributed by atoms with Crippen LogP contribution in [0.25, 0.3) is 0 Å². The van der Waals surface area contributed by atoms with E-state index in [1.165, 1.54) is 0 Å². The van der Waals surface area contributed by atoms with E-state index < -0.39 is 46.6 Å². The minimum absolute atomic E-state index is 0. The van der Waals surface area contributed by atoms with Crippen molar-refractivity contribution in [2.75, 3.05) is 0 Å². The van der Waals surface area contributed by atoms with Gasteiger partial charge in [-0.2, -0.15) is 26.3 Å². The zero-order valence-electron chi connectivity index (χ0n) is 12.6. The van der Waals surface area contributed by atoms with Crippen molar-refractivity contribution >= 4 is 12.4 Å². The van der Waals surface area contributed by atoms with Crippen LogP contribution in [0.1, 0.15) is 43.5 Å². The lowest BCUT2D eigenvalue weighted by Gasteiger charge is -2.32. The average molecular weight is 366 g/mol. The van der Waals surface area contributed by atoms with Crippen molar-refractivity contribution in [2.45, 2.75) is 45.3 Å². The molecular weight excluding hydrogens is 348 g/mol. The fraction of sp³-hybridized carbons (Fsp3) is 0.571. The monoisotopic (exact) mass is 365 g/mol. The predicted molar refractivity (Wildman–Crippen MR) is 76.1 cm³/mol. The summed E-state index contributed by atoms with van der Waals surface area (Å²) in [7, 11) is 0. The van der Waals surface area contributed by atoms with Gasteiger partial charge in [-0.15, -0.1) is 12.4 Å². The molecule has 0 aliphatic heterocycles. The third-order valence-electron chi connectivity index (χ3n) is 3.27. The molecule has 134 valence electrons. The Bertz CT molecular complexity index is 536. The number of alkyl halides is 6. The highest BCUT2D eigenvalue weighted by Gasteiger charge is 2.41. The molecule has 0 unspecified atom stereocenters. The Labute approximate surface area is 136 Å². The maximum atomic E-state index is 13.0. The molecule has 0 bridgehead atoms. The van der Waals surface area contributed by atoms with Gasteiger partial charge in [0.15, 0.2) is 0 Å². The summed E-state index contributed by atoms with van der Waals surface area (Å²) in [6.45, 7) is 4.69. The van der Waals surface area contributed by atoms with Crippen molar-refractivity contribution < 1.29 is 31.4 Å². The fourth-order valence-electron chi connectivity index (χ4n) is 1.98. The quantitative estimate of drug-likeness (QED) is 0.755. The van der Waals surface area contributed by atoms with E-state index in [0.717, 1.165) is 0 Å². The van der Waals surface area contributed by atoms with E-state index in [1.807, 2.05) is 0 Å². The van der Waals surface area contributed by atoms with Crippen molar-refractivity contribution in [2.24, 2.45) is 11.1 Å². The van der Waals surface area contributed by atoms with Gasteiger partial charge >= 0.3 is 12.4 Å². The van der Waals surface area contributed by atoms with Crippen molar-refractivity contribution in [3.05, 3.63) is 34.9 Å². The highest BCUT2D eigenvalue weighted by Crippen LogP contribution is 2.40. The molecule has 23 heavy (non-hydrogen) atoms. The maximum absolute atomic E-state index is 13.0. The van der Waals surface area contributed by atoms with Gasteiger partial charge in [0.05, 0.1) is 23.3 Å². The molecule has 0 saturated heterocycles. The van der Waals surface area contributed by atoms with Crippen LogP contribution in [0.3, 0.4) is 0 Å². The Morgan fingerprint density at radius 3 is 1.78 bits per heavy atom. The summed E-state index contributed by atoms with van der Waals surface area (Å²) >= 11 is 0. The Balaban J connectivity index is 0.00000484. The first-order chi connectivity index (χ1) is 9.65. The second kappa shape index (κ2) is 6.86. The second-order valence-electron chi connectivity index (χ2n) is 6.13. The summed E-state index contributed by atoms with van der Waals surface area (Å²) in [5, 5.41) is 10.0. The van der Waals surface area contributed by atoms with Crippen LogP contribution in [-0.2, 0) is 12.4 Å². The van der Waals surface area contributed by atoms with Crippen molar-refractivity contribution in [1.29, 1.82) is 0 Å². The maximum Gasteiger partial charge on any atom is 0.416 e. The van der Waals surface area contributed by atoms with E-state index in [1.54, 1.807) is 20.8 Å². The summed E-state index contributed by atoms with van der Waals surface area (Å²) in [6.07, 6.45) is -11.3. The normalized spacial score (nSPS) is 15.8. The first-order valence-corrected chi connectivity index (χ1v) is 6.37. The molecule has 0 aromatic heterocycles. The highest BCUT2D eigenvalue weighted by atomic mass is 35.5. The van der Waals surface area contributed by atoms with Gasteiger partial charge in [-0.3, -0.25) is 0 Å². The molecule has 1 aromatic carbocycles. The first-order valence-electron chi connectivity index (χ1n) is 6.37. The summed E-state index contributed by atoms with van der Waals surface area (Å²) < 4.78 is 76.9. The highest BCUT2D eigenvalue weighted by molar-refractivity contribution is 5.85. The summed E-state index contributed by atoms with van der Waals surface area (Å²) in [5.41, 5.74) is 1.35.